The van der Waals surface area contributed by atoms with Crippen molar-refractivity contribution in [2.45, 2.75) is 32.9 Å². The molecule has 4 rings (SSSR count). The molecule has 2 aliphatic rings. The number of hydrogen-bond donors (Lipinski definition) is 1. The molecule has 0 saturated heterocycles. The van der Waals surface area contributed by atoms with Crippen molar-refractivity contribution in [2.24, 2.45) is 12.0 Å². The van der Waals surface area contributed by atoms with Crippen LogP contribution in [0.25, 0.3) is 11.5 Å². The molecule has 0 fully saturated rings. The van der Waals surface area contributed by atoms with E-state index >= 15 is 0 Å². The summed E-state index contributed by atoms with van der Waals surface area (Å²) < 4.78 is 13.2. The second-order valence-electron chi connectivity index (χ2n) is 6.58. The van der Waals surface area contributed by atoms with Crippen LogP contribution < -0.4 is 5.43 Å². The number of amidine groups is 1. The molecule has 7 heteroatoms. The number of nitrogens with zero attached hydrogens (tertiary/aromatic N) is 4. The van der Waals surface area contributed by atoms with Crippen molar-refractivity contribution >= 4 is 5.84 Å². The minimum Gasteiger partial charge on any atom is -0.497 e. The fourth-order valence-electron chi connectivity index (χ4n) is 3.23. The van der Waals surface area contributed by atoms with Gasteiger partial charge in [0.1, 0.15) is 28.9 Å². The molecule has 0 bridgehead atoms. The number of nitrogens with one attached hydrogen (secondary N) is 1. The van der Waals surface area contributed by atoms with Gasteiger partial charge in [0.15, 0.2) is 11.9 Å². The van der Waals surface area contributed by atoms with Crippen molar-refractivity contribution in [3.05, 3.63) is 53.5 Å². The van der Waals surface area contributed by atoms with E-state index in [0.29, 0.717) is 0 Å². The molecule has 136 valence electrons. The first-order valence-corrected chi connectivity index (χ1v) is 8.69. The van der Waals surface area contributed by atoms with Crippen LogP contribution in [0, 0.1) is 6.92 Å². The highest BCUT2D eigenvalue weighted by atomic mass is 16.5. The molecule has 2 aromatic rings. The monoisotopic (exact) mass is 353 g/mol. The number of aliphatic imine (C=N–C) groups is 1. The van der Waals surface area contributed by atoms with Gasteiger partial charge in [-0.15, -0.1) is 0 Å². The third-order valence-corrected chi connectivity index (χ3v) is 4.68. The van der Waals surface area contributed by atoms with E-state index in [0.717, 1.165) is 53.2 Å². The summed E-state index contributed by atoms with van der Waals surface area (Å²) in [5.74, 6) is 4.46. The van der Waals surface area contributed by atoms with Crippen molar-refractivity contribution in [1.82, 2.24) is 20.0 Å². The Balaban J connectivity index is 1.46. The molecule has 4 heterocycles. The van der Waals surface area contributed by atoms with Crippen LogP contribution in [0.1, 0.15) is 24.9 Å². The molecule has 0 spiro atoms. The van der Waals surface area contributed by atoms with Gasteiger partial charge in [-0.2, -0.15) is 0 Å². The van der Waals surface area contributed by atoms with Crippen molar-refractivity contribution < 1.29 is 9.15 Å². The Morgan fingerprint density at radius 3 is 2.81 bits per heavy atom. The van der Waals surface area contributed by atoms with Crippen LogP contribution in [0.4, 0.5) is 0 Å². The second-order valence-corrected chi connectivity index (χ2v) is 6.58. The number of aryl methyl sites for hydroxylation is 3. The van der Waals surface area contributed by atoms with Gasteiger partial charge in [0.25, 0.3) is 0 Å². The summed E-state index contributed by atoms with van der Waals surface area (Å²) in [7, 11) is 3.69. The number of rotatable bonds is 5. The summed E-state index contributed by atoms with van der Waals surface area (Å²) >= 11 is 0. The zero-order valence-corrected chi connectivity index (χ0v) is 15.5. The summed E-state index contributed by atoms with van der Waals surface area (Å²) in [6.07, 6.45) is 7.44. The molecule has 0 aromatic carbocycles. The Morgan fingerprint density at radius 1 is 1.23 bits per heavy atom. The highest BCUT2D eigenvalue weighted by Gasteiger charge is 2.32. The molecular weight excluding hydrogens is 330 g/mol. The largest absolute Gasteiger partial charge is 0.497 e. The Labute approximate surface area is 152 Å². The molecule has 0 amide bonds. The maximum absolute atomic E-state index is 5.67. The number of hydrogen-bond acceptors (Lipinski definition) is 6. The Hall–Kier alpha value is -2.96. The predicted octanol–water partition coefficient (Wildman–Crippen LogP) is 2.91. The smallest absolute Gasteiger partial charge is 0.198 e. The quantitative estimate of drug-likeness (QED) is 0.895. The third-order valence-electron chi connectivity index (χ3n) is 4.68. The number of aromatic nitrogens is 2. The van der Waals surface area contributed by atoms with Gasteiger partial charge in [0.2, 0.25) is 0 Å². The molecule has 2 aliphatic heterocycles. The maximum Gasteiger partial charge on any atom is 0.198 e. The zero-order chi connectivity index (χ0) is 18.3. The van der Waals surface area contributed by atoms with Gasteiger partial charge in [0.05, 0.1) is 7.11 Å². The lowest BCUT2D eigenvalue weighted by Crippen LogP contribution is -2.41. The molecule has 0 saturated carbocycles. The first kappa shape index (κ1) is 16.5. The van der Waals surface area contributed by atoms with E-state index in [4.69, 9.17) is 19.1 Å². The van der Waals surface area contributed by atoms with Gasteiger partial charge in [-0.05, 0) is 38.1 Å². The Kier molecular flexibility index (Phi) is 4.06. The Bertz CT molecular complexity index is 918. The number of furan rings is 1. The first-order chi connectivity index (χ1) is 12.5. The van der Waals surface area contributed by atoms with Gasteiger partial charge in [0, 0.05) is 31.8 Å². The maximum atomic E-state index is 5.67. The first-order valence-electron chi connectivity index (χ1n) is 8.69. The summed E-state index contributed by atoms with van der Waals surface area (Å²) in [5, 5.41) is 2.03. The van der Waals surface area contributed by atoms with Crippen LogP contribution in [0.2, 0.25) is 0 Å². The van der Waals surface area contributed by atoms with Crippen molar-refractivity contribution in [1.29, 1.82) is 0 Å². The summed E-state index contributed by atoms with van der Waals surface area (Å²) in [6, 6.07) is 3.91. The van der Waals surface area contributed by atoms with E-state index < -0.39 is 0 Å². The highest BCUT2D eigenvalue weighted by molar-refractivity contribution is 5.84. The topological polar surface area (TPSA) is 67.8 Å². The predicted molar refractivity (Wildman–Crippen MR) is 99.0 cm³/mol. The van der Waals surface area contributed by atoms with Crippen molar-refractivity contribution in [3.63, 3.8) is 0 Å². The van der Waals surface area contributed by atoms with Gasteiger partial charge >= 0.3 is 0 Å². The molecule has 0 aliphatic carbocycles. The number of allylic oxidation sites excluding steroid dienone is 3. The molecule has 1 unspecified atom stereocenters. The SMILES string of the molecule is COC1=CC=C(C)N2NC(CCc3nc(-c4ccc(C)o4)cn3C)=NC12. The Morgan fingerprint density at radius 2 is 2.08 bits per heavy atom. The summed E-state index contributed by atoms with van der Waals surface area (Å²) in [5.41, 5.74) is 5.35. The molecular formula is C19H23N5O2. The van der Waals surface area contributed by atoms with Crippen molar-refractivity contribution in [2.75, 3.05) is 7.11 Å². The van der Waals surface area contributed by atoms with E-state index in [2.05, 4.69) is 12.3 Å². The standard InChI is InChI=1S/C19H23N5O2/c1-12-5-7-16(25-4)19-21-17(22-24(12)19)9-10-18-20-14(11-23(18)3)15-8-6-13(2)26-15/h5-8,11,19H,9-10H2,1-4H3,(H,21,22). The number of imidazole rings is 1. The zero-order valence-electron chi connectivity index (χ0n) is 15.5. The van der Waals surface area contributed by atoms with Gasteiger partial charge < -0.3 is 13.7 Å². The third kappa shape index (κ3) is 2.89. The van der Waals surface area contributed by atoms with Crippen LogP contribution in [0.3, 0.4) is 0 Å². The van der Waals surface area contributed by atoms with E-state index in [-0.39, 0.29) is 6.17 Å². The second kappa shape index (κ2) is 6.40. The van der Waals surface area contributed by atoms with Crippen LogP contribution in [-0.4, -0.2) is 33.7 Å². The van der Waals surface area contributed by atoms with E-state index in [9.17, 15) is 0 Å². The lowest BCUT2D eigenvalue weighted by Gasteiger charge is -2.29. The average molecular weight is 353 g/mol. The lowest BCUT2D eigenvalue weighted by molar-refractivity contribution is 0.175. The minimum absolute atomic E-state index is 0.122. The minimum atomic E-state index is -0.122. The molecule has 0 radical (unpaired) electrons. The molecule has 1 atom stereocenters. The normalized spacial score (nSPS) is 18.8. The van der Waals surface area contributed by atoms with E-state index in [1.165, 1.54) is 0 Å². The molecule has 1 N–H and O–H groups in total. The van der Waals surface area contributed by atoms with E-state index in [1.54, 1.807) is 7.11 Å². The van der Waals surface area contributed by atoms with Gasteiger partial charge in [-0.3, -0.25) is 10.4 Å². The number of methoxy groups -OCH3 is 1. The highest BCUT2D eigenvalue weighted by Crippen LogP contribution is 2.26. The fourth-order valence-corrected chi connectivity index (χ4v) is 3.23. The van der Waals surface area contributed by atoms with Gasteiger partial charge in [-0.1, -0.05) is 0 Å². The van der Waals surface area contributed by atoms with E-state index in [1.807, 2.05) is 54.0 Å². The van der Waals surface area contributed by atoms with Gasteiger partial charge in [-0.25, -0.2) is 9.98 Å². The van der Waals surface area contributed by atoms with Crippen LogP contribution in [0.15, 0.2) is 51.3 Å². The average Bonchev–Trinajstić information content (AvgIpc) is 3.32. The molecule has 26 heavy (non-hydrogen) atoms. The number of hydrazine groups is 1. The molecule has 7 nitrogen and oxygen atoms in total. The number of ether oxygens (including phenoxy) is 1. The summed E-state index contributed by atoms with van der Waals surface area (Å²) in [6.45, 7) is 3.99. The fraction of sp³-hybridized carbons (Fsp3) is 0.368. The van der Waals surface area contributed by atoms with Crippen LogP contribution in [0.5, 0.6) is 0 Å². The number of fused-ring (bicyclic) bond motifs is 1. The summed E-state index contributed by atoms with van der Waals surface area (Å²) in [4.78, 5) is 9.48. The molecule has 2 aromatic heterocycles. The van der Waals surface area contributed by atoms with Crippen molar-refractivity contribution in [3.8, 4) is 11.5 Å². The lowest BCUT2D eigenvalue weighted by atomic mass is 10.2. The van der Waals surface area contributed by atoms with Crippen LogP contribution >= 0.6 is 0 Å². The van der Waals surface area contributed by atoms with Crippen LogP contribution in [-0.2, 0) is 18.2 Å².